The fourth-order valence-electron chi connectivity index (χ4n) is 4.39. The molecule has 1 fully saturated rings. The summed E-state index contributed by atoms with van der Waals surface area (Å²) in [4.78, 5) is 9.18. The summed E-state index contributed by atoms with van der Waals surface area (Å²) >= 11 is 12.6. The van der Waals surface area contributed by atoms with Crippen molar-refractivity contribution in [2.24, 2.45) is 4.99 Å². The van der Waals surface area contributed by atoms with E-state index in [0.717, 1.165) is 33.5 Å². The molecule has 10 heteroatoms. The first-order valence-corrected chi connectivity index (χ1v) is 14.6. The summed E-state index contributed by atoms with van der Waals surface area (Å²) in [6.07, 6.45) is 9.67. The van der Waals surface area contributed by atoms with Crippen molar-refractivity contribution in [1.82, 2.24) is 10.3 Å². The number of hydrogen-bond donors (Lipinski definition) is 2. The van der Waals surface area contributed by atoms with E-state index in [1.165, 1.54) is 12.8 Å². The molecule has 0 aliphatic carbocycles. The number of nitrogen functional groups attached to an aromatic ring is 1. The number of aliphatic imine (C=N–C) groups is 1. The third kappa shape index (κ3) is 5.12. The van der Waals surface area contributed by atoms with Crippen LogP contribution in [0.15, 0.2) is 40.1 Å². The summed E-state index contributed by atoms with van der Waals surface area (Å²) in [6.45, 7) is 4.09. The number of nitrogens with two attached hydrogens (primary N) is 1. The first kappa shape index (κ1) is 24.7. The molecular formula is C25H26Cl2IN4O3-. The van der Waals surface area contributed by atoms with Gasteiger partial charge in [-0.2, -0.15) is 0 Å². The van der Waals surface area contributed by atoms with Crippen LogP contribution in [0.4, 0.5) is 5.82 Å². The zero-order chi connectivity index (χ0) is 24.5. The van der Waals surface area contributed by atoms with Gasteiger partial charge in [0.1, 0.15) is 0 Å². The molecule has 4 heterocycles. The van der Waals surface area contributed by atoms with Crippen molar-refractivity contribution in [3.05, 3.63) is 51.8 Å². The van der Waals surface area contributed by atoms with Gasteiger partial charge in [-0.25, -0.2) is 0 Å². The number of methoxy groups -OCH3 is 1. The molecule has 5 rings (SSSR count). The van der Waals surface area contributed by atoms with Gasteiger partial charge >= 0.3 is 202 Å². The van der Waals surface area contributed by atoms with Crippen LogP contribution in [0.1, 0.15) is 37.0 Å². The van der Waals surface area contributed by atoms with Crippen LogP contribution >= 0.6 is 23.2 Å². The first-order valence-electron chi connectivity index (χ1n) is 11.4. The Balaban J connectivity index is 1.42. The third-order valence-electron chi connectivity index (χ3n) is 6.14. The second-order valence-corrected chi connectivity index (χ2v) is 13.1. The van der Waals surface area contributed by atoms with Crippen molar-refractivity contribution in [3.8, 4) is 11.5 Å². The molecule has 3 aromatic rings. The van der Waals surface area contributed by atoms with Crippen molar-refractivity contribution in [1.29, 1.82) is 0 Å². The van der Waals surface area contributed by atoms with Crippen LogP contribution in [0.25, 0.3) is 16.5 Å². The zero-order valence-corrected chi connectivity index (χ0v) is 23.0. The fourth-order valence-corrected chi connectivity index (χ4v) is 8.34. The molecule has 0 amide bonds. The molecule has 0 radical (unpaired) electrons. The van der Waals surface area contributed by atoms with E-state index in [1.807, 2.05) is 13.1 Å². The minimum atomic E-state index is -0.496. The summed E-state index contributed by atoms with van der Waals surface area (Å²) in [5.74, 6) is 1.13. The molecule has 0 saturated carbocycles. The Labute approximate surface area is 224 Å². The number of aromatic nitrogens is 1. The molecule has 1 saturated heterocycles. The van der Waals surface area contributed by atoms with E-state index in [-0.39, 0.29) is 27.0 Å². The van der Waals surface area contributed by atoms with Crippen LogP contribution in [-0.4, -0.2) is 39.4 Å². The summed E-state index contributed by atoms with van der Waals surface area (Å²) in [7, 11) is 1.56. The van der Waals surface area contributed by atoms with Crippen molar-refractivity contribution in [3.63, 3.8) is 0 Å². The molecule has 7 nitrogen and oxygen atoms in total. The minimum absolute atomic E-state index is 0.0481. The van der Waals surface area contributed by atoms with Crippen molar-refractivity contribution < 1.29 is 35.1 Å². The Morgan fingerprint density at radius 2 is 2.06 bits per heavy atom. The summed E-state index contributed by atoms with van der Waals surface area (Å²) < 4.78 is 18.8. The van der Waals surface area contributed by atoms with Gasteiger partial charge in [-0.15, -0.1) is 0 Å². The van der Waals surface area contributed by atoms with Crippen LogP contribution in [0, 0.1) is 0 Å². The number of fused-ring (bicyclic) bond motifs is 1. The molecule has 2 atom stereocenters. The van der Waals surface area contributed by atoms with Gasteiger partial charge in [0.25, 0.3) is 0 Å². The quantitative estimate of drug-likeness (QED) is 0.238. The molecule has 1 aromatic carbocycles. The van der Waals surface area contributed by atoms with Gasteiger partial charge in [-0.1, -0.05) is 11.6 Å². The van der Waals surface area contributed by atoms with Gasteiger partial charge in [0.05, 0.1) is 7.11 Å². The number of nitrogens with zero attached hydrogens (tertiary/aromatic N) is 2. The number of benzene rings is 1. The van der Waals surface area contributed by atoms with Crippen LogP contribution < -0.4 is 41.7 Å². The maximum atomic E-state index is 6.47. The average Bonchev–Trinajstić information content (AvgIpc) is 3.47. The van der Waals surface area contributed by atoms with Gasteiger partial charge in [0.2, 0.25) is 0 Å². The number of anilines is 1. The van der Waals surface area contributed by atoms with Gasteiger partial charge in [0.15, 0.2) is 0 Å². The summed E-state index contributed by atoms with van der Waals surface area (Å²) in [6, 6.07) is 3.35. The van der Waals surface area contributed by atoms with Crippen LogP contribution in [0.3, 0.4) is 0 Å². The molecule has 2 aliphatic rings. The van der Waals surface area contributed by atoms with Gasteiger partial charge in [-0.3, -0.25) is 0 Å². The zero-order valence-electron chi connectivity index (χ0n) is 19.4. The Bertz CT molecular complexity index is 1300. The number of pyridine rings is 1. The molecule has 0 bridgehead atoms. The third-order valence-corrected chi connectivity index (χ3v) is 10.4. The Hall–Kier alpha value is -2.01. The summed E-state index contributed by atoms with van der Waals surface area (Å²) in [5, 5.41) is 5.19. The SMILES string of the molecule is COc1cc(Cl)cc(Cl)c1C(C)Oc1c(N)ncc2c(C3=CC([I-]C4CCNCC4)N=C3)coc12. The molecule has 35 heavy (non-hydrogen) atoms. The number of halogens is 3. The van der Waals surface area contributed by atoms with Gasteiger partial charge in [-0.05, 0) is 0 Å². The van der Waals surface area contributed by atoms with E-state index >= 15 is 0 Å². The standard InChI is InChI=1S/C25H26Cl2IN4O3/c1-13(22-19(27)8-15(26)9-20(22)33-2)35-24-23-17(11-32-25(24)29)18(12-34-23)14-7-21(31-10-14)28-16-3-5-30-6-4-16/h7-13,16,21,30H,3-6H2,1-2H3,(H2,29,32)/q-1. The molecule has 3 N–H and O–H groups in total. The number of ether oxygens (including phenoxy) is 2. The van der Waals surface area contributed by atoms with Crippen LogP contribution in [-0.2, 0) is 0 Å². The first-order chi connectivity index (χ1) is 16.9. The number of furan rings is 1. The number of piperidine rings is 1. The van der Waals surface area contributed by atoms with Gasteiger partial charge in [0, 0.05) is 5.02 Å². The number of alkyl halides is 2. The van der Waals surface area contributed by atoms with Crippen molar-refractivity contribution in [2.45, 2.75) is 33.8 Å². The van der Waals surface area contributed by atoms with Crippen molar-refractivity contribution >= 4 is 51.8 Å². The van der Waals surface area contributed by atoms with E-state index in [2.05, 4.69) is 16.4 Å². The van der Waals surface area contributed by atoms with Gasteiger partial charge < -0.3 is 0 Å². The maximum absolute atomic E-state index is 6.47. The predicted octanol–water partition coefficient (Wildman–Crippen LogP) is 2.50. The van der Waals surface area contributed by atoms with Crippen LogP contribution in [0.2, 0.25) is 10.0 Å². The number of allylic oxidation sites excluding steroid dienone is 1. The second kappa shape index (κ2) is 10.5. The topological polar surface area (TPSA) is 94.9 Å². The number of nitrogens with one attached hydrogen (secondary N) is 1. The molecule has 2 unspecified atom stereocenters. The predicted molar refractivity (Wildman–Crippen MR) is 137 cm³/mol. The average molecular weight is 628 g/mol. The molecule has 186 valence electrons. The number of rotatable bonds is 7. The van der Waals surface area contributed by atoms with E-state index in [1.54, 1.807) is 31.7 Å². The van der Waals surface area contributed by atoms with E-state index in [9.17, 15) is 0 Å². The fraction of sp³-hybridized carbons (Fsp3) is 0.360. The monoisotopic (exact) mass is 627 g/mol. The molecular weight excluding hydrogens is 602 g/mol. The molecule has 2 aliphatic heterocycles. The van der Waals surface area contributed by atoms with Crippen molar-refractivity contribution in [2.75, 3.05) is 25.9 Å². The Morgan fingerprint density at radius 1 is 1.26 bits per heavy atom. The normalized spacial score (nSPS) is 19.3. The van der Waals surface area contributed by atoms with Crippen LogP contribution in [0.5, 0.6) is 11.5 Å². The van der Waals surface area contributed by atoms with E-state index in [0.29, 0.717) is 36.7 Å². The Morgan fingerprint density at radius 3 is 2.83 bits per heavy atom. The number of hydrogen-bond acceptors (Lipinski definition) is 7. The molecule has 0 spiro atoms. The summed E-state index contributed by atoms with van der Waals surface area (Å²) in [5.41, 5.74) is 9.40. The Kier molecular flexibility index (Phi) is 7.43. The second-order valence-electron chi connectivity index (χ2n) is 8.45. The molecule has 2 aromatic heterocycles. The van der Waals surface area contributed by atoms with E-state index in [4.69, 9.17) is 47.8 Å². The van der Waals surface area contributed by atoms with E-state index < -0.39 is 6.10 Å².